The highest BCUT2D eigenvalue weighted by Crippen LogP contribution is 2.26. The van der Waals surface area contributed by atoms with E-state index >= 15 is 0 Å². The summed E-state index contributed by atoms with van der Waals surface area (Å²) in [6.07, 6.45) is 4.55. The van der Waals surface area contributed by atoms with Crippen LogP contribution in [0.1, 0.15) is 37.0 Å². The van der Waals surface area contributed by atoms with Gasteiger partial charge >= 0.3 is 0 Å². The van der Waals surface area contributed by atoms with E-state index in [2.05, 4.69) is 41.7 Å². The fourth-order valence-electron chi connectivity index (χ4n) is 2.36. The molecule has 4 nitrogen and oxygen atoms in total. The first-order valence-corrected chi connectivity index (χ1v) is 7.89. The molecule has 20 heavy (non-hydrogen) atoms. The molecule has 0 saturated carbocycles. The minimum absolute atomic E-state index is 0.0777. The smallest absolute Gasteiger partial charge is 0.131 e. The number of aliphatic hydroxyl groups is 1. The minimum Gasteiger partial charge on any atom is -0.396 e. The molecule has 2 atom stereocenters. The van der Waals surface area contributed by atoms with Crippen LogP contribution in [0, 0.1) is 5.92 Å². The van der Waals surface area contributed by atoms with Crippen LogP contribution in [0.5, 0.6) is 0 Å². The number of hydrogen-bond acceptors (Lipinski definition) is 4. The van der Waals surface area contributed by atoms with E-state index in [9.17, 15) is 5.11 Å². The Morgan fingerprint density at radius 3 is 2.75 bits per heavy atom. The van der Waals surface area contributed by atoms with Crippen molar-refractivity contribution in [3.8, 4) is 0 Å². The first-order chi connectivity index (χ1) is 9.63. The molecule has 2 aromatic rings. The molecular weight excluding hydrogens is 270 g/mol. The van der Waals surface area contributed by atoms with E-state index in [1.54, 1.807) is 11.3 Å². The van der Waals surface area contributed by atoms with Crippen molar-refractivity contribution in [1.29, 1.82) is 0 Å². The van der Waals surface area contributed by atoms with Gasteiger partial charge < -0.3 is 9.67 Å². The van der Waals surface area contributed by atoms with Crippen LogP contribution in [0.15, 0.2) is 29.9 Å². The van der Waals surface area contributed by atoms with E-state index in [-0.39, 0.29) is 18.7 Å². The van der Waals surface area contributed by atoms with E-state index < -0.39 is 0 Å². The number of aromatic nitrogens is 2. The largest absolute Gasteiger partial charge is 0.396 e. The number of thiophene rings is 1. The molecule has 0 aliphatic rings. The van der Waals surface area contributed by atoms with Crippen LogP contribution >= 0.6 is 11.3 Å². The maximum Gasteiger partial charge on any atom is 0.131 e. The van der Waals surface area contributed by atoms with Gasteiger partial charge in [-0.05, 0) is 23.8 Å². The second-order valence-electron chi connectivity index (χ2n) is 5.37. The fraction of sp³-hybridized carbons (Fsp3) is 0.533. The third kappa shape index (κ3) is 3.48. The van der Waals surface area contributed by atoms with Crippen LogP contribution in [-0.2, 0) is 7.05 Å². The molecule has 2 N–H and O–H groups in total. The van der Waals surface area contributed by atoms with Gasteiger partial charge in [-0.1, -0.05) is 19.9 Å². The fourth-order valence-corrected chi connectivity index (χ4v) is 3.14. The van der Waals surface area contributed by atoms with Gasteiger partial charge in [0, 0.05) is 37.0 Å². The van der Waals surface area contributed by atoms with E-state index in [1.807, 2.05) is 24.0 Å². The Bertz CT molecular complexity index is 507. The average molecular weight is 293 g/mol. The lowest BCUT2D eigenvalue weighted by atomic mass is 9.99. The number of aliphatic hydroxyl groups excluding tert-OH is 1. The minimum atomic E-state index is 0.0777. The normalized spacial score (nSPS) is 14.7. The Labute approximate surface area is 124 Å². The molecule has 0 saturated heterocycles. The zero-order valence-corrected chi connectivity index (χ0v) is 13.1. The third-order valence-electron chi connectivity index (χ3n) is 3.57. The molecule has 2 rings (SSSR count). The second-order valence-corrected chi connectivity index (χ2v) is 6.35. The van der Waals surface area contributed by atoms with Crippen LogP contribution < -0.4 is 5.32 Å². The van der Waals surface area contributed by atoms with Gasteiger partial charge in [-0.25, -0.2) is 4.98 Å². The lowest BCUT2D eigenvalue weighted by molar-refractivity contribution is 0.238. The maximum absolute atomic E-state index is 9.26. The van der Waals surface area contributed by atoms with Crippen molar-refractivity contribution in [2.45, 2.75) is 32.4 Å². The summed E-state index contributed by atoms with van der Waals surface area (Å²) in [5.74, 6) is 1.47. The second kappa shape index (κ2) is 7.02. The molecule has 2 aromatic heterocycles. The van der Waals surface area contributed by atoms with Crippen LogP contribution in [-0.4, -0.2) is 27.3 Å². The number of imidazole rings is 1. The number of nitrogens with zero attached hydrogens (tertiary/aromatic N) is 2. The van der Waals surface area contributed by atoms with Crippen molar-refractivity contribution in [2.75, 3.05) is 6.61 Å². The third-order valence-corrected chi connectivity index (χ3v) is 4.51. The SMILES string of the molecule is CC(C)C(CCO)NC(c1cccs1)c1nccn1C. The lowest BCUT2D eigenvalue weighted by Gasteiger charge is -2.27. The Morgan fingerprint density at radius 2 is 2.25 bits per heavy atom. The summed E-state index contributed by atoms with van der Waals surface area (Å²) < 4.78 is 2.05. The monoisotopic (exact) mass is 293 g/mol. The number of aryl methyl sites for hydroxylation is 1. The van der Waals surface area contributed by atoms with E-state index in [0.29, 0.717) is 5.92 Å². The topological polar surface area (TPSA) is 50.1 Å². The molecule has 0 aromatic carbocycles. The Morgan fingerprint density at radius 1 is 1.45 bits per heavy atom. The van der Waals surface area contributed by atoms with Gasteiger partial charge in [0.15, 0.2) is 0 Å². The molecule has 0 fully saturated rings. The Kier molecular flexibility index (Phi) is 5.34. The van der Waals surface area contributed by atoms with Crippen LogP contribution in [0.2, 0.25) is 0 Å². The van der Waals surface area contributed by atoms with Gasteiger partial charge in [0.25, 0.3) is 0 Å². The summed E-state index contributed by atoms with van der Waals surface area (Å²) >= 11 is 1.73. The average Bonchev–Trinajstić information content (AvgIpc) is 3.06. The molecule has 110 valence electrons. The van der Waals surface area contributed by atoms with Crippen LogP contribution in [0.3, 0.4) is 0 Å². The van der Waals surface area contributed by atoms with Crippen molar-refractivity contribution >= 4 is 11.3 Å². The van der Waals surface area contributed by atoms with Crippen molar-refractivity contribution in [2.24, 2.45) is 13.0 Å². The summed E-state index contributed by atoms with van der Waals surface area (Å²) in [6, 6.07) is 4.54. The molecule has 0 aliphatic heterocycles. The molecule has 0 bridgehead atoms. The van der Waals surface area contributed by atoms with E-state index in [1.165, 1.54) is 4.88 Å². The van der Waals surface area contributed by atoms with Gasteiger partial charge in [-0.2, -0.15) is 0 Å². The summed E-state index contributed by atoms with van der Waals surface area (Å²) in [6.45, 7) is 4.56. The number of rotatable bonds is 7. The molecule has 0 spiro atoms. The number of nitrogens with one attached hydrogen (secondary N) is 1. The predicted molar refractivity (Wildman–Crippen MR) is 82.8 cm³/mol. The molecular formula is C15H23N3OS. The highest BCUT2D eigenvalue weighted by Gasteiger charge is 2.24. The Balaban J connectivity index is 2.26. The summed E-state index contributed by atoms with van der Waals surface area (Å²) in [4.78, 5) is 5.74. The highest BCUT2D eigenvalue weighted by atomic mass is 32.1. The van der Waals surface area contributed by atoms with Gasteiger partial charge in [-0.3, -0.25) is 5.32 Å². The van der Waals surface area contributed by atoms with E-state index in [4.69, 9.17) is 0 Å². The highest BCUT2D eigenvalue weighted by molar-refractivity contribution is 7.10. The number of hydrogen-bond donors (Lipinski definition) is 2. The van der Waals surface area contributed by atoms with Crippen molar-refractivity contribution in [1.82, 2.24) is 14.9 Å². The summed E-state index contributed by atoms with van der Waals surface area (Å²) in [5, 5.41) is 15.0. The lowest BCUT2D eigenvalue weighted by Crippen LogP contribution is -2.38. The zero-order chi connectivity index (χ0) is 14.5. The van der Waals surface area contributed by atoms with Crippen LogP contribution in [0.4, 0.5) is 0 Å². The van der Waals surface area contributed by atoms with Crippen molar-refractivity contribution in [3.05, 3.63) is 40.6 Å². The summed E-state index contributed by atoms with van der Waals surface area (Å²) in [7, 11) is 2.01. The van der Waals surface area contributed by atoms with Gasteiger partial charge in [0.2, 0.25) is 0 Å². The summed E-state index contributed by atoms with van der Waals surface area (Å²) in [5.41, 5.74) is 0. The molecule has 5 heteroatoms. The first kappa shape index (κ1) is 15.2. The molecule has 0 aliphatic carbocycles. The quantitative estimate of drug-likeness (QED) is 0.825. The zero-order valence-electron chi connectivity index (χ0n) is 12.3. The standard InChI is InChI=1S/C15H23N3OS/c1-11(2)12(6-9-19)17-14(13-5-4-10-20-13)15-16-7-8-18(15)3/h4-5,7-8,10-12,14,17,19H,6,9H2,1-3H3. The Hall–Kier alpha value is -1.17. The molecule has 2 unspecified atom stereocenters. The predicted octanol–water partition coefficient (Wildman–Crippen LogP) is 2.57. The van der Waals surface area contributed by atoms with Crippen LogP contribution in [0.25, 0.3) is 0 Å². The van der Waals surface area contributed by atoms with Gasteiger partial charge in [-0.15, -0.1) is 11.3 Å². The van der Waals surface area contributed by atoms with Crippen molar-refractivity contribution < 1.29 is 5.11 Å². The maximum atomic E-state index is 9.26. The first-order valence-electron chi connectivity index (χ1n) is 7.01. The van der Waals surface area contributed by atoms with E-state index in [0.717, 1.165) is 12.2 Å². The van der Waals surface area contributed by atoms with Crippen molar-refractivity contribution in [3.63, 3.8) is 0 Å². The van der Waals surface area contributed by atoms with Gasteiger partial charge in [0.05, 0.1) is 0 Å². The molecule has 0 radical (unpaired) electrons. The molecule has 0 amide bonds. The van der Waals surface area contributed by atoms with Gasteiger partial charge in [0.1, 0.15) is 11.9 Å². The molecule has 2 heterocycles.